The summed E-state index contributed by atoms with van der Waals surface area (Å²) < 4.78 is 0. The summed E-state index contributed by atoms with van der Waals surface area (Å²) >= 11 is 0. The van der Waals surface area contributed by atoms with Gasteiger partial charge in [-0.25, -0.2) is 0 Å². The topological polar surface area (TPSA) is 12.0 Å². The molecule has 1 aromatic rings. The number of nitrogens with one attached hydrogen (secondary N) is 1. The summed E-state index contributed by atoms with van der Waals surface area (Å²) in [6, 6.07) is 7.62. The number of fused-ring (bicyclic) bond motifs is 2. The van der Waals surface area contributed by atoms with Crippen molar-refractivity contribution in [3.05, 3.63) is 34.9 Å². The van der Waals surface area contributed by atoms with E-state index in [1.807, 2.05) is 0 Å². The minimum Gasteiger partial charge on any atom is -0.317 e. The first-order valence-corrected chi connectivity index (χ1v) is 8.39. The lowest BCUT2D eigenvalue weighted by Gasteiger charge is -2.26. The van der Waals surface area contributed by atoms with Crippen molar-refractivity contribution in [3.8, 4) is 0 Å². The van der Waals surface area contributed by atoms with Gasteiger partial charge in [0.1, 0.15) is 0 Å². The van der Waals surface area contributed by atoms with E-state index in [4.69, 9.17) is 0 Å². The van der Waals surface area contributed by atoms with Gasteiger partial charge in [-0.3, -0.25) is 0 Å². The van der Waals surface area contributed by atoms with Gasteiger partial charge in [0.25, 0.3) is 0 Å². The van der Waals surface area contributed by atoms with Crippen molar-refractivity contribution in [2.24, 2.45) is 17.8 Å². The fourth-order valence-electron chi connectivity index (χ4n) is 4.55. The van der Waals surface area contributed by atoms with Gasteiger partial charge in [0.2, 0.25) is 0 Å². The standard InChI is InChI=1S/C19H29N/c1-13-4-5-15(8-14(13)2)11-19(20-3)12-18-10-16-6-7-17(18)9-16/h4-5,8,16-20H,6-7,9-12H2,1-3H3. The molecule has 3 rings (SSSR count). The lowest BCUT2D eigenvalue weighted by molar-refractivity contribution is 0.281. The molecule has 4 unspecified atom stereocenters. The zero-order chi connectivity index (χ0) is 14.1. The predicted octanol–water partition coefficient (Wildman–Crippen LogP) is 4.26. The van der Waals surface area contributed by atoms with Crippen molar-refractivity contribution in [2.75, 3.05) is 7.05 Å². The molecule has 2 fully saturated rings. The second-order valence-electron chi connectivity index (χ2n) is 7.28. The van der Waals surface area contributed by atoms with Crippen LogP contribution < -0.4 is 5.32 Å². The quantitative estimate of drug-likeness (QED) is 0.843. The molecule has 0 saturated heterocycles. The van der Waals surface area contributed by atoms with Gasteiger partial charge in [0, 0.05) is 6.04 Å². The molecule has 1 aromatic carbocycles. The molecule has 0 amide bonds. The molecular weight excluding hydrogens is 242 g/mol. The Labute approximate surface area is 124 Å². The molecule has 0 aliphatic heterocycles. The molecular formula is C19H29N. The summed E-state index contributed by atoms with van der Waals surface area (Å²) in [6.07, 6.45) is 8.63. The van der Waals surface area contributed by atoms with Crippen molar-refractivity contribution < 1.29 is 0 Å². The Kier molecular flexibility index (Phi) is 4.16. The highest BCUT2D eigenvalue weighted by Crippen LogP contribution is 2.49. The minimum absolute atomic E-state index is 0.654. The highest BCUT2D eigenvalue weighted by molar-refractivity contribution is 5.30. The summed E-state index contributed by atoms with van der Waals surface area (Å²) in [5.74, 6) is 3.12. The molecule has 2 saturated carbocycles. The van der Waals surface area contributed by atoms with Crippen LogP contribution in [0.2, 0.25) is 0 Å². The fraction of sp³-hybridized carbons (Fsp3) is 0.684. The minimum atomic E-state index is 0.654. The van der Waals surface area contributed by atoms with Crippen LogP contribution in [-0.4, -0.2) is 13.1 Å². The first-order chi connectivity index (χ1) is 9.65. The Bertz CT molecular complexity index is 465. The molecule has 0 spiro atoms. The first kappa shape index (κ1) is 14.1. The third-order valence-corrected chi connectivity index (χ3v) is 5.93. The lowest BCUT2D eigenvalue weighted by Crippen LogP contribution is -2.31. The second-order valence-corrected chi connectivity index (χ2v) is 7.28. The SMILES string of the molecule is CNC(Cc1ccc(C)c(C)c1)CC1CC2CCC1C2. The third-order valence-electron chi connectivity index (χ3n) is 5.93. The van der Waals surface area contributed by atoms with E-state index in [1.54, 1.807) is 0 Å². The summed E-state index contributed by atoms with van der Waals surface area (Å²) in [5, 5.41) is 3.57. The monoisotopic (exact) mass is 271 g/mol. The van der Waals surface area contributed by atoms with Crippen molar-refractivity contribution in [1.29, 1.82) is 0 Å². The molecule has 0 heterocycles. The number of aryl methyl sites for hydroxylation is 2. The van der Waals surface area contributed by atoms with Crippen LogP contribution in [0.3, 0.4) is 0 Å². The Morgan fingerprint density at radius 3 is 2.60 bits per heavy atom. The average Bonchev–Trinajstić information content (AvgIpc) is 3.04. The summed E-state index contributed by atoms with van der Waals surface area (Å²) in [4.78, 5) is 0. The van der Waals surface area contributed by atoms with Gasteiger partial charge in [-0.2, -0.15) is 0 Å². The summed E-state index contributed by atoms with van der Waals surface area (Å²) in [5.41, 5.74) is 4.33. The molecule has 20 heavy (non-hydrogen) atoms. The van der Waals surface area contributed by atoms with Crippen LogP contribution >= 0.6 is 0 Å². The van der Waals surface area contributed by atoms with Gasteiger partial charge in [-0.05, 0) is 87.4 Å². The Morgan fingerprint density at radius 1 is 1.15 bits per heavy atom. The molecule has 1 N–H and O–H groups in total. The molecule has 2 aliphatic rings. The van der Waals surface area contributed by atoms with E-state index < -0.39 is 0 Å². The molecule has 4 atom stereocenters. The zero-order valence-corrected chi connectivity index (χ0v) is 13.3. The lowest BCUT2D eigenvalue weighted by atomic mass is 9.83. The van der Waals surface area contributed by atoms with Crippen LogP contribution in [0.5, 0.6) is 0 Å². The molecule has 2 bridgehead atoms. The van der Waals surface area contributed by atoms with Crippen molar-refractivity contribution in [3.63, 3.8) is 0 Å². The highest BCUT2D eigenvalue weighted by atomic mass is 14.9. The van der Waals surface area contributed by atoms with Gasteiger partial charge >= 0.3 is 0 Å². The van der Waals surface area contributed by atoms with Crippen LogP contribution in [0.4, 0.5) is 0 Å². The maximum atomic E-state index is 3.57. The molecule has 1 heteroatoms. The summed E-state index contributed by atoms with van der Waals surface area (Å²) in [6.45, 7) is 4.42. The Hall–Kier alpha value is -0.820. The maximum Gasteiger partial charge on any atom is 0.0107 e. The van der Waals surface area contributed by atoms with Crippen LogP contribution in [0.1, 0.15) is 48.8 Å². The van der Waals surface area contributed by atoms with E-state index in [1.165, 1.54) is 55.2 Å². The number of likely N-dealkylation sites (N-methyl/N-ethyl adjacent to an activating group) is 1. The van der Waals surface area contributed by atoms with E-state index >= 15 is 0 Å². The molecule has 0 aromatic heterocycles. The first-order valence-electron chi connectivity index (χ1n) is 8.39. The number of hydrogen-bond acceptors (Lipinski definition) is 1. The molecule has 2 aliphatic carbocycles. The Morgan fingerprint density at radius 2 is 2.00 bits per heavy atom. The van der Waals surface area contributed by atoms with E-state index in [-0.39, 0.29) is 0 Å². The van der Waals surface area contributed by atoms with Crippen molar-refractivity contribution in [1.82, 2.24) is 5.32 Å². The third kappa shape index (κ3) is 2.93. The fourth-order valence-corrected chi connectivity index (χ4v) is 4.55. The van der Waals surface area contributed by atoms with Gasteiger partial charge in [-0.15, -0.1) is 0 Å². The van der Waals surface area contributed by atoms with Gasteiger partial charge in [0.15, 0.2) is 0 Å². The van der Waals surface area contributed by atoms with Crippen LogP contribution in [0.25, 0.3) is 0 Å². The predicted molar refractivity (Wildman–Crippen MR) is 86.0 cm³/mol. The van der Waals surface area contributed by atoms with Gasteiger partial charge in [-0.1, -0.05) is 24.6 Å². The van der Waals surface area contributed by atoms with Crippen LogP contribution in [-0.2, 0) is 6.42 Å². The second kappa shape index (κ2) is 5.89. The Balaban J connectivity index is 1.60. The van der Waals surface area contributed by atoms with E-state index in [0.29, 0.717) is 6.04 Å². The number of benzene rings is 1. The molecule has 0 radical (unpaired) electrons. The number of hydrogen-bond donors (Lipinski definition) is 1. The molecule has 1 nitrogen and oxygen atoms in total. The zero-order valence-electron chi connectivity index (χ0n) is 13.3. The van der Waals surface area contributed by atoms with Crippen molar-refractivity contribution in [2.45, 2.75) is 58.4 Å². The summed E-state index contributed by atoms with van der Waals surface area (Å²) in [7, 11) is 2.14. The number of rotatable bonds is 5. The molecule has 110 valence electrons. The van der Waals surface area contributed by atoms with Crippen LogP contribution in [0.15, 0.2) is 18.2 Å². The van der Waals surface area contributed by atoms with Gasteiger partial charge < -0.3 is 5.32 Å². The maximum absolute atomic E-state index is 3.57. The van der Waals surface area contributed by atoms with Crippen LogP contribution in [0, 0.1) is 31.6 Å². The van der Waals surface area contributed by atoms with E-state index in [2.05, 4.69) is 44.4 Å². The highest BCUT2D eigenvalue weighted by Gasteiger charge is 2.39. The largest absolute Gasteiger partial charge is 0.317 e. The average molecular weight is 271 g/mol. The van der Waals surface area contributed by atoms with Crippen molar-refractivity contribution >= 4 is 0 Å². The normalized spacial score (nSPS) is 29.9. The van der Waals surface area contributed by atoms with E-state index in [0.717, 1.165) is 17.8 Å². The smallest absolute Gasteiger partial charge is 0.0107 e. The van der Waals surface area contributed by atoms with E-state index in [9.17, 15) is 0 Å². The van der Waals surface area contributed by atoms with Gasteiger partial charge in [0.05, 0.1) is 0 Å².